The van der Waals surface area contributed by atoms with Crippen LogP contribution >= 0.6 is 0 Å². The second-order valence-electron chi connectivity index (χ2n) is 5.06. The largest absolute Gasteiger partial charge is 0.393 e. The van der Waals surface area contributed by atoms with Gasteiger partial charge in [-0.1, -0.05) is 12.1 Å². The fourth-order valence-electron chi connectivity index (χ4n) is 2.86. The minimum atomic E-state index is -3.71. The minimum absolute atomic E-state index is 0.103. The zero-order valence-corrected chi connectivity index (χ0v) is 11.1. The van der Waals surface area contributed by atoms with Gasteiger partial charge in [-0.25, -0.2) is 12.7 Å². The molecule has 1 fully saturated rings. The van der Waals surface area contributed by atoms with Crippen molar-refractivity contribution >= 4 is 15.9 Å². The number of aliphatic hydroxyl groups excluding tert-OH is 1. The molecule has 0 saturated heterocycles. The van der Waals surface area contributed by atoms with Gasteiger partial charge in [-0.05, 0) is 37.8 Å². The first-order valence-corrected chi connectivity index (χ1v) is 7.81. The molecule has 1 aliphatic heterocycles. The van der Waals surface area contributed by atoms with E-state index in [-0.39, 0.29) is 22.6 Å². The number of nitrogens with zero attached hydrogens (tertiary/aromatic N) is 1. The van der Waals surface area contributed by atoms with Crippen molar-refractivity contribution in [2.75, 3.05) is 0 Å². The van der Waals surface area contributed by atoms with Crippen LogP contribution in [0.15, 0.2) is 29.2 Å². The standard InChI is InChI=1S/C13H15NO4S/c15-10-7-5-9(6-8-10)14-13(16)11-3-1-2-4-12(11)19(14,17)18/h1-4,9-10,15H,5-8H2. The molecule has 6 heteroatoms. The maximum Gasteiger partial charge on any atom is 0.269 e. The molecule has 19 heavy (non-hydrogen) atoms. The zero-order chi connectivity index (χ0) is 13.6. The van der Waals surface area contributed by atoms with E-state index in [2.05, 4.69) is 0 Å². The van der Waals surface area contributed by atoms with E-state index in [4.69, 9.17) is 0 Å². The van der Waals surface area contributed by atoms with Gasteiger partial charge in [0.1, 0.15) is 4.90 Å². The average Bonchev–Trinajstić information content (AvgIpc) is 2.60. The Morgan fingerprint density at radius 3 is 2.37 bits per heavy atom. The number of hydrogen-bond acceptors (Lipinski definition) is 4. The van der Waals surface area contributed by atoms with Crippen LogP contribution in [0.5, 0.6) is 0 Å². The highest BCUT2D eigenvalue weighted by Crippen LogP contribution is 2.35. The van der Waals surface area contributed by atoms with Crippen LogP contribution in [0.3, 0.4) is 0 Å². The van der Waals surface area contributed by atoms with Crippen LogP contribution < -0.4 is 0 Å². The quantitative estimate of drug-likeness (QED) is 0.837. The third kappa shape index (κ3) is 1.86. The first-order chi connectivity index (χ1) is 9.01. The van der Waals surface area contributed by atoms with Crippen LogP contribution in [0.25, 0.3) is 0 Å². The summed E-state index contributed by atoms with van der Waals surface area (Å²) < 4.78 is 25.9. The van der Waals surface area contributed by atoms with Gasteiger partial charge in [0.15, 0.2) is 0 Å². The number of benzene rings is 1. The average molecular weight is 281 g/mol. The Hall–Kier alpha value is -1.40. The molecule has 1 aliphatic carbocycles. The van der Waals surface area contributed by atoms with Gasteiger partial charge in [-0.2, -0.15) is 0 Å². The molecule has 0 bridgehead atoms. The van der Waals surface area contributed by atoms with E-state index in [9.17, 15) is 18.3 Å². The summed E-state index contributed by atoms with van der Waals surface area (Å²) in [6, 6.07) is 5.99. The molecule has 102 valence electrons. The third-order valence-corrected chi connectivity index (χ3v) is 5.75. The molecule has 1 aromatic rings. The maximum absolute atomic E-state index is 12.4. The molecule has 0 spiro atoms. The molecule has 1 amide bonds. The van der Waals surface area contributed by atoms with Crippen molar-refractivity contribution in [3.63, 3.8) is 0 Å². The summed E-state index contributed by atoms with van der Waals surface area (Å²) in [7, 11) is -3.71. The molecule has 1 N–H and O–H groups in total. The highest BCUT2D eigenvalue weighted by Gasteiger charge is 2.45. The molecular weight excluding hydrogens is 266 g/mol. The summed E-state index contributed by atoms with van der Waals surface area (Å²) in [6.45, 7) is 0. The lowest BCUT2D eigenvalue weighted by Gasteiger charge is -2.31. The predicted molar refractivity (Wildman–Crippen MR) is 68.1 cm³/mol. The van der Waals surface area contributed by atoms with Crippen molar-refractivity contribution in [1.82, 2.24) is 4.31 Å². The molecule has 0 aromatic heterocycles. The summed E-state index contributed by atoms with van der Waals surface area (Å²) >= 11 is 0. The van der Waals surface area contributed by atoms with Gasteiger partial charge in [0.05, 0.1) is 11.7 Å². The fourth-order valence-corrected chi connectivity index (χ4v) is 4.67. The summed E-state index contributed by atoms with van der Waals surface area (Å²) in [5.74, 6) is -0.433. The second-order valence-corrected chi connectivity index (χ2v) is 6.85. The van der Waals surface area contributed by atoms with Crippen molar-refractivity contribution < 1.29 is 18.3 Å². The molecule has 3 rings (SSSR count). The van der Waals surface area contributed by atoms with E-state index in [1.807, 2.05) is 0 Å². The Kier molecular flexibility index (Phi) is 2.87. The number of sulfonamides is 1. The lowest BCUT2D eigenvalue weighted by atomic mass is 9.93. The number of fused-ring (bicyclic) bond motifs is 1. The Morgan fingerprint density at radius 2 is 1.74 bits per heavy atom. The van der Waals surface area contributed by atoms with Gasteiger partial charge in [0.2, 0.25) is 0 Å². The second kappa shape index (κ2) is 4.31. The summed E-state index contributed by atoms with van der Waals surface area (Å²) in [4.78, 5) is 12.4. The van der Waals surface area contributed by atoms with Gasteiger partial charge >= 0.3 is 0 Å². The topological polar surface area (TPSA) is 74.7 Å². The van der Waals surface area contributed by atoms with Gasteiger partial charge in [0, 0.05) is 6.04 Å². The Balaban J connectivity index is 1.99. The van der Waals surface area contributed by atoms with Crippen LogP contribution in [-0.2, 0) is 10.0 Å². The molecule has 2 aliphatic rings. The van der Waals surface area contributed by atoms with Crippen LogP contribution in [0, 0.1) is 0 Å². The van der Waals surface area contributed by atoms with E-state index in [0.29, 0.717) is 25.7 Å². The number of hydrogen-bond donors (Lipinski definition) is 1. The molecule has 1 saturated carbocycles. The summed E-state index contributed by atoms with van der Waals surface area (Å²) in [5.41, 5.74) is 0.258. The molecule has 5 nitrogen and oxygen atoms in total. The van der Waals surface area contributed by atoms with E-state index in [1.54, 1.807) is 18.2 Å². The summed E-state index contributed by atoms with van der Waals surface area (Å²) in [5, 5.41) is 9.49. The Bertz CT molecular complexity index is 617. The van der Waals surface area contributed by atoms with E-state index < -0.39 is 15.9 Å². The number of aliphatic hydroxyl groups is 1. The molecule has 0 atom stereocenters. The SMILES string of the molecule is O=C1c2ccccc2S(=O)(=O)N1C1CCC(O)CC1. The predicted octanol–water partition coefficient (Wildman–Crippen LogP) is 1.13. The first kappa shape index (κ1) is 12.6. The summed E-state index contributed by atoms with van der Waals surface area (Å²) in [6.07, 6.45) is 1.76. The number of carbonyl (C=O) groups excluding carboxylic acids is 1. The van der Waals surface area contributed by atoms with Crippen molar-refractivity contribution in [3.8, 4) is 0 Å². The molecular formula is C13H15NO4S. The highest BCUT2D eigenvalue weighted by atomic mass is 32.2. The zero-order valence-electron chi connectivity index (χ0n) is 10.3. The normalized spacial score (nSPS) is 29.3. The van der Waals surface area contributed by atoms with Crippen molar-refractivity contribution in [2.24, 2.45) is 0 Å². The van der Waals surface area contributed by atoms with Crippen LogP contribution in [0.2, 0.25) is 0 Å². The third-order valence-electron chi connectivity index (χ3n) is 3.85. The van der Waals surface area contributed by atoms with Crippen molar-refractivity contribution in [2.45, 2.75) is 42.7 Å². The fraction of sp³-hybridized carbons (Fsp3) is 0.462. The van der Waals surface area contributed by atoms with Crippen LogP contribution in [0.1, 0.15) is 36.0 Å². The van der Waals surface area contributed by atoms with Gasteiger partial charge in [-0.15, -0.1) is 0 Å². The number of carbonyl (C=O) groups is 1. The van der Waals surface area contributed by atoms with E-state index in [1.165, 1.54) is 6.07 Å². The van der Waals surface area contributed by atoms with Crippen molar-refractivity contribution in [1.29, 1.82) is 0 Å². The van der Waals surface area contributed by atoms with Gasteiger partial charge in [0.25, 0.3) is 15.9 Å². The lowest BCUT2D eigenvalue weighted by Crippen LogP contribution is -2.42. The minimum Gasteiger partial charge on any atom is -0.393 e. The number of rotatable bonds is 1. The Morgan fingerprint density at radius 1 is 1.11 bits per heavy atom. The van der Waals surface area contributed by atoms with Crippen molar-refractivity contribution in [3.05, 3.63) is 29.8 Å². The lowest BCUT2D eigenvalue weighted by molar-refractivity contribution is 0.0707. The van der Waals surface area contributed by atoms with E-state index >= 15 is 0 Å². The molecule has 0 radical (unpaired) electrons. The molecule has 0 unspecified atom stereocenters. The highest BCUT2D eigenvalue weighted by molar-refractivity contribution is 7.90. The van der Waals surface area contributed by atoms with Gasteiger partial charge in [-0.3, -0.25) is 4.79 Å². The smallest absolute Gasteiger partial charge is 0.269 e. The molecule has 1 aromatic carbocycles. The van der Waals surface area contributed by atoms with Crippen LogP contribution in [-0.4, -0.2) is 35.9 Å². The number of amides is 1. The van der Waals surface area contributed by atoms with E-state index in [0.717, 1.165) is 4.31 Å². The maximum atomic E-state index is 12.4. The monoisotopic (exact) mass is 281 g/mol. The molecule has 1 heterocycles. The Labute approximate surface area is 111 Å². The van der Waals surface area contributed by atoms with Gasteiger partial charge < -0.3 is 5.11 Å². The first-order valence-electron chi connectivity index (χ1n) is 6.37. The van der Waals surface area contributed by atoms with Crippen LogP contribution in [0.4, 0.5) is 0 Å².